The van der Waals surface area contributed by atoms with Crippen molar-refractivity contribution in [1.82, 2.24) is 4.90 Å². The largest absolute Gasteiger partial charge is 0.378 e. The normalized spacial score (nSPS) is 18.2. The highest BCUT2D eigenvalue weighted by Gasteiger charge is 2.30. The van der Waals surface area contributed by atoms with E-state index in [0.717, 1.165) is 19.4 Å². The van der Waals surface area contributed by atoms with Crippen LogP contribution in [-0.4, -0.2) is 37.5 Å². The van der Waals surface area contributed by atoms with Crippen LogP contribution in [0.15, 0.2) is 24.3 Å². The summed E-state index contributed by atoms with van der Waals surface area (Å²) < 4.78 is 0. The third-order valence-electron chi connectivity index (χ3n) is 3.84. The average Bonchev–Trinajstić information content (AvgIpc) is 2.87. The molecule has 0 spiro atoms. The number of nitrogens with two attached hydrogens (primary N) is 1. The molecule has 4 nitrogen and oxygen atoms in total. The lowest BCUT2D eigenvalue weighted by Gasteiger charge is -2.26. The molecule has 2 unspecified atom stereocenters. The van der Waals surface area contributed by atoms with Crippen LogP contribution in [0.3, 0.4) is 0 Å². The van der Waals surface area contributed by atoms with Gasteiger partial charge in [0, 0.05) is 38.8 Å². The second-order valence-corrected chi connectivity index (χ2v) is 5.92. The summed E-state index contributed by atoms with van der Waals surface area (Å²) in [5, 5.41) is 0. The first-order valence-electron chi connectivity index (χ1n) is 7.31. The Morgan fingerprint density at radius 1 is 1.41 bits per heavy atom. The van der Waals surface area contributed by atoms with Gasteiger partial charge in [-0.3, -0.25) is 4.79 Å². The van der Waals surface area contributed by atoms with Crippen LogP contribution in [0.1, 0.15) is 37.8 Å². The number of nitrogens with zero attached hydrogens (tertiary/aromatic N) is 2. The molecule has 0 bridgehead atoms. The predicted molar refractivity (Wildman–Crippen MR) is 97.2 cm³/mol. The van der Waals surface area contributed by atoms with Crippen molar-refractivity contribution in [3.05, 3.63) is 29.8 Å². The first-order chi connectivity index (χ1) is 9.49. The summed E-state index contributed by atoms with van der Waals surface area (Å²) >= 11 is 0. The standard InChI is InChI=1S/C16H25N3O.2ClH/c1-12(17)10-16(20)19-9-5-8-15(19)13-6-4-7-14(11-13)18(2)3;;/h4,6-7,11-12,15H,5,8-10,17H2,1-3H3;2*1H. The Morgan fingerprint density at radius 3 is 2.68 bits per heavy atom. The van der Waals surface area contributed by atoms with E-state index in [1.807, 2.05) is 25.9 Å². The Balaban J connectivity index is 0.00000220. The quantitative estimate of drug-likeness (QED) is 0.910. The Morgan fingerprint density at radius 2 is 2.09 bits per heavy atom. The van der Waals surface area contributed by atoms with Gasteiger partial charge in [-0.1, -0.05) is 12.1 Å². The van der Waals surface area contributed by atoms with Crippen molar-refractivity contribution < 1.29 is 4.79 Å². The molecule has 1 amide bonds. The van der Waals surface area contributed by atoms with Gasteiger partial charge < -0.3 is 15.5 Å². The van der Waals surface area contributed by atoms with Crippen LogP contribution < -0.4 is 10.6 Å². The molecule has 1 heterocycles. The molecule has 1 aromatic rings. The molecule has 6 heteroatoms. The third-order valence-corrected chi connectivity index (χ3v) is 3.84. The number of hydrogen-bond acceptors (Lipinski definition) is 3. The number of anilines is 1. The van der Waals surface area contributed by atoms with Crippen LogP contribution in [0.5, 0.6) is 0 Å². The Kier molecular flexibility index (Phi) is 8.83. The van der Waals surface area contributed by atoms with E-state index >= 15 is 0 Å². The second-order valence-electron chi connectivity index (χ2n) is 5.92. The molecular weight excluding hydrogens is 321 g/mol. The lowest BCUT2D eigenvalue weighted by molar-refractivity contribution is -0.132. The summed E-state index contributed by atoms with van der Waals surface area (Å²) in [5.41, 5.74) is 8.16. The fraction of sp³-hybridized carbons (Fsp3) is 0.562. The van der Waals surface area contributed by atoms with E-state index < -0.39 is 0 Å². The van der Waals surface area contributed by atoms with Gasteiger partial charge in [0.15, 0.2) is 0 Å². The number of likely N-dealkylation sites (tertiary alicyclic amines) is 1. The summed E-state index contributed by atoms with van der Waals surface area (Å²) in [6, 6.07) is 8.60. The number of hydrogen-bond donors (Lipinski definition) is 1. The maximum absolute atomic E-state index is 12.3. The van der Waals surface area contributed by atoms with Crippen molar-refractivity contribution in [2.24, 2.45) is 5.73 Å². The van der Waals surface area contributed by atoms with Crippen molar-refractivity contribution in [3.8, 4) is 0 Å². The molecule has 1 fully saturated rings. The molecule has 1 aromatic carbocycles. The van der Waals surface area contributed by atoms with E-state index in [2.05, 4.69) is 29.2 Å². The summed E-state index contributed by atoms with van der Waals surface area (Å²) in [7, 11) is 4.07. The minimum atomic E-state index is -0.0724. The van der Waals surface area contributed by atoms with Gasteiger partial charge in [-0.25, -0.2) is 0 Å². The number of benzene rings is 1. The van der Waals surface area contributed by atoms with Gasteiger partial charge in [-0.15, -0.1) is 24.8 Å². The number of halogens is 2. The monoisotopic (exact) mass is 347 g/mol. The molecule has 0 saturated carbocycles. The maximum Gasteiger partial charge on any atom is 0.224 e. The van der Waals surface area contributed by atoms with Gasteiger partial charge in [0.2, 0.25) is 5.91 Å². The lowest BCUT2D eigenvalue weighted by atomic mass is 10.0. The zero-order valence-corrected chi connectivity index (χ0v) is 15.1. The maximum atomic E-state index is 12.3. The predicted octanol–water partition coefficient (Wildman–Crippen LogP) is 3.00. The third kappa shape index (κ3) is 5.04. The van der Waals surface area contributed by atoms with E-state index in [1.165, 1.54) is 11.3 Å². The van der Waals surface area contributed by atoms with Crippen LogP contribution in [0.4, 0.5) is 5.69 Å². The molecule has 2 atom stereocenters. The van der Waals surface area contributed by atoms with E-state index in [9.17, 15) is 4.79 Å². The topological polar surface area (TPSA) is 49.6 Å². The summed E-state index contributed by atoms with van der Waals surface area (Å²) in [5.74, 6) is 0.178. The Hall–Kier alpha value is -0.970. The highest BCUT2D eigenvalue weighted by Crippen LogP contribution is 2.33. The highest BCUT2D eigenvalue weighted by molar-refractivity contribution is 5.85. The fourth-order valence-electron chi connectivity index (χ4n) is 2.81. The Labute approximate surface area is 145 Å². The average molecular weight is 348 g/mol. The molecule has 1 saturated heterocycles. The second kappa shape index (κ2) is 9.23. The summed E-state index contributed by atoms with van der Waals surface area (Å²) in [6.45, 7) is 2.73. The van der Waals surface area contributed by atoms with E-state index in [-0.39, 0.29) is 42.8 Å². The van der Waals surface area contributed by atoms with Gasteiger partial charge in [0.1, 0.15) is 0 Å². The van der Waals surface area contributed by atoms with Gasteiger partial charge in [-0.05, 0) is 37.5 Å². The van der Waals surface area contributed by atoms with Crippen molar-refractivity contribution in [2.75, 3.05) is 25.5 Å². The molecule has 2 N–H and O–H groups in total. The first kappa shape index (κ1) is 21.0. The molecular formula is C16H27Cl2N3O. The zero-order chi connectivity index (χ0) is 14.7. The van der Waals surface area contributed by atoms with E-state index in [1.54, 1.807) is 0 Å². The SMILES string of the molecule is CC(N)CC(=O)N1CCCC1c1cccc(N(C)C)c1.Cl.Cl. The van der Waals surface area contributed by atoms with Crippen LogP contribution in [0.2, 0.25) is 0 Å². The fourth-order valence-corrected chi connectivity index (χ4v) is 2.81. The molecule has 0 aliphatic carbocycles. The number of carbonyl (C=O) groups is 1. The number of amides is 1. The Bertz CT molecular complexity index is 480. The van der Waals surface area contributed by atoms with Crippen LogP contribution in [0.25, 0.3) is 0 Å². The lowest BCUT2D eigenvalue weighted by Crippen LogP contribution is -2.34. The minimum absolute atomic E-state index is 0. The summed E-state index contributed by atoms with van der Waals surface area (Å²) in [6.07, 6.45) is 2.55. The number of carbonyl (C=O) groups excluding carboxylic acids is 1. The molecule has 0 aromatic heterocycles. The molecule has 0 radical (unpaired) electrons. The molecule has 126 valence electrons. The van der Waals surface area contributed by atoms with Crippen molar-refractivity contribution in [1.29, 1.82) is 0 Å². The van der Waals surface area contributed by atoms with E-state index in [4.69, 9.17) is 5.73 Å². The van der Waals surface area contributed by atoms with Gasteiger partial charge in [-0.2, -0.15) is 0 Å². The van der Waals surface area contributed by atoms with Gasteiger partial charge in [0.05, 0.1) is 6.04 Å². The molecule has 1 aliphatic rings. The van der Waals surface area contributed by atoms with Crippen LogP contribution in [-0.2, 0) is 4.79 Å². The van der Waals surface area contributed by atoms with Crippen LogP contribution in [0, 0.1) is 0 Å². The molecule has 22 heavy (non-hydrogen) atoms. The smallest absolute Gasteiger partial charge is 0.224 e. The van der Waals surface area contributed by atoms with Gasteiger partial charge in [0.25, 0.3) is 0 Å². The van der Waals surface area contributed by atoms with Gasteiger partial charge >= 0.3 is 0 Å². The first-order valence-corrected chi connectivity index (χ1v) is 7.31. The minimum Gasteiger partial charge on any atom is -0.378 e. The van der Waals surface area contributed by atoms with Crippen molar-refractivity contribution in [2.45, 2.75) is 38.3 Å². The van der Waals surface area contributed by atoms with Crippen molar-refractivity contribution in [3.63, 3.8) is 0 Å². The summed E-state index contributed by atoms with van der Waals surface area (Å²) in [4.78, 5) is 16.4. The molecule has 2 rings (SSSR count). The number of rotatable bonds is 4. The highest BCUT2D eigenvalue weighted by atomic mass is 35.5. The molecule has 1 aliphatic heterocycles. The van der Waals surface area contributed by atoms with Crippen LogP contribution >= 0.6 is 24.8 Å². The van der Waals surface area contributed by atoms with E-state index in [0.29, 0.717) is 6.42 Å². The van der Waals surface area contributed by atoms with Crippen molar-refractivity contribution >= 4 is 36.4 Å². The zero-order valence-electron chi connectivity index (χ0n) is 13.5.